The number of carbonyl (C=O) groups is 1. The van der Waals surface area contributed by atoms with E-state index in [2.05, 4.69) is 15.7 Å². The molecular weight excluding hydrogens is 298 g/mol. The maximum Gasteiger partial charge on any atom is 0.253 e. The highest BCUT2D eigenvalue weighted by atomic mass is 32.1. The topological polar surface area (TPSA) is 54.5 Å². The first-order valence-corrected chi connectivity index (χ1v) is 8.28. The number of morpholine rings is 1. The fraction of sp³-hybridized carbons (Fsp3) is 0.375. The van der Waals surface area contributed by atoms with E-state index in [1.807, 2.05) is 28.5 Å². The molecule has 1 saturated heterocycles. The predicted octanol–water partition coefficient (Wildman–Crippen LogP) is 1.66. The van der Waals surface area contributed by atoms with Crippen LogP contribution in [0.15, 0.2) is 41.4 Å². The van der Waals surface area contributed by atoms with Crippen molar-refractivity contribution in [1.29, 1.82) is 0 Å². The summed E-state index contributed by atoms with van der Waals surface area (Å²) in [6, 6.07) is 5.93. The van der Waals surface area contributed by atoms with E-state index in [0.717, 1.165) is 17.7 Å². The van der Waals surface area contributed by atoms with Crippen LogP contribution in [-0.4, -0.2) is 41.6 Å². The monoisotopic (exact) mass is 317 g/mol. The number of aromatic nitrogens is 1. The van der Waals surface area contributed by atoms with E-state index in [1.165, 1.54) is 0 Å². The molecule has 1 aliphatic rings. The van der Waals surface area contributed by atoms with Crippen LogP contribution in [0.5, 0.6) is 0 Å². The second-order valence-electron chi connectivity index (χ2n) is 5.25. The van der Waals surface area contributed by atoms with Crippen molar-refractivity contribution in [2.24, 2.45) is 0 Å². The fourth-order valence-electron chi connectivity index (χ4n) is 2.45. The van der Waals surface area contributed by atoms with Gasteiger partial charge in [0, 0.05) is 38.6 Å². The molecule has 0 spiro atoms. The molecule has 2 aromatic rings. The zero-order valence-electron chi connectivity index (χ0n) is 12.3. The summed E-state index contributed by atoms with van der Waals surface area (Å²) >= 11 is 1.64. The molecule has 1 atom stereocenters. The molecule has 1 amide bonds. The second kappa shape index (κ2) is 7.49. The second-order valence-corrected chi connectivity index (χ2v) is 6.03. The molecule has 116 valence electrons. The molecule has 0 aromatic carbocycles. The van der Waals surface area contributed by atoms with Crippen molar-refractivity contribution >= 4 is 17.2 Å². The molecule has 0 saturated carbocycles. The van der Waals surface area contributed by atoms with Crippen LogP contribution in [0.1, 0.15) is 11.1 Å². The molecule has 1 N–H and O–H groups in total. The number of rotatable bonds is 5. The van der Waals surface area contributed by atoms with Crippen LogP contribution in [-0.2, 0) is 22.6 Å². The standard InChI is InChI=1S/C16H19N3O2S/c20-16(15-9-18-5-6-21-15)19(11-14-3-7-22-12-14)10-13-2-1-4-17-8-13/h1-4,7-8,12,15,18H,5-6,9-11H2/t15-/m0/s1. The van der Waals surface area contributed by atoms with Gasteiger partial charge in [-0.25, -0.2) is 0 Å². The van der Waals surface area contributed by atoms with Crippen molar-refractivity contribution in [3.05, 3.63) is 52.5 Å². The van der Waals surface area contributed by atoms with Crippen molar-refractivity contribution in [1.82, 2.24) is 15.2 Å². The highest BCUT2D eigenvalue weighted by Gasteiger charge is 2.27. The number of ether oxygens (including phenoxy) is 1. The first-order valence-electron chi connectivity index (χ1n) is 7.34. The molecule has 5 nitrogen and oxygen atoms in total. The number of thiophene rings is 1. The zero-order valence-corrected chi connectivity index (χ0v) is 13.1. The maximum atomic E-state index is 12.8. The molecule has 6 heteroatoms. The minimum atomic E-state index is -0.399. The van der Waals surface area contributed by atoms with Gasteiger partial charge in [0.05, 0.1) is 6.61 Å². The van der Waals surface area contributed by atoms with E-state index in [1.54, 1.807) is 23.7 Å². The third kappa shape index (κ3) is 3.91. The van der Waals surface area contributed by atoms with E-state index in [9.17, 15) is 4.79 Å². The van der Waals surface area contributed by atoms with E-state index in [-0.39, 0.29) is 5.91 Å². The minimum absolute atomic E-state index is 0.0299. The van der Waals surface area contributed by atoms with Gasteiger partial charge in [0.25, 0.3) is 5.91 Å². The third-order valence-electron chi connectivity index (χ3n) is 3.56. The van der Waals surface area contributed by atoms with Crippen LogP contribution in [0.2, 0.25) is 0 Å². The molecule has 0 radical (unpaired) electrons. The molecule has 3 heterocycles. The Hall–Kier alpha value is -1.76. The number of pyridine rings is 1. The first kappa shape index (κ1) is 15.1. The normalized spacial score (nSPS) is 18.1. The average Bonchev–Trinajstić information content (AvgIpc) is 3.08. The van der Waals surface area contributed by atoms with Gasteiger partial charge in [-0.3, -0.25) is 9.78 Å². The van der Waals surface area contributed by atoms with Crippen molar-refractivity contribution in [2.45, 2.75) is 19.2 Å². The summed E-state index contributed by atoms with van der Waals surface area (Å²) in [5.41, 5.74) is 2.17. The predicted molar refractivity (Wildman–Crippen MR) is 85.4 cm³/mol. The number of nitrogens with zero attached hydrogens (tertiary/aromatic N) is 2. The highest BCUT2D eigenvalue weighted by molar-refractivity contribution is 7.07. The summed E-state index contributed by atoms with van der Waals surface area (Å²) in [4.78, 5) is 18.7. The molecule has 22 heavy (non-hydrogen) atoms. The van der Waals surface area contributed by atoms with Crippen molar-refractivity contribution < 1.29 is 9.53 Å². The smallest absolute Gasteiger partial charge is 0.253 e. The van der Waals surface area contributed by atoms with Crippen molar-refractivity contribution in [3.63, 3.8) is 0 Å². The van der Waals surface area contributed by atoms with Crippen LogP contribution in [0.25, 0.3) is 0 Å². The lowest BCUT2D eigenvalue weighted by atomic mass is 10.2. The Morgan fingerprint density at radius 2 is 2.32 bits per heavy atom. The lowest BCUT2D eigenvalue weighted by Gasteiger charge is -2.29. The van der Waals surface area contributed by atoms with Crippen molar-refractivity contribution in [2.75, 3.05) is 19.7 Å². The number of hydrogen-bond donors (Lipinski definition) is 1. The molecule has 3 rings (SSSR count). The molecule has 0 bridgehead atoms. The van der Waals surface area contributed by atoms with Gasteiger partial charge in [0.1, 0.15) is 6.10 Å². The lowest BCUT2D eigenvalue weighted by Crippen LogP contribution is -2.49. The average molecular weight is 317 g/mol. The summed E-state index contributed by atoms with van der Waals surface area (Å²) in [7, 11) is 0. The number of amides is 1. The van der Waals surface area contributed by atoms with Gasteiger partial charge in [-0.1, -0.05) is 6.07 Å². The Balaban J connectivity index is 1.74. The van der Waals surface area contributed by atoms with Gasteiger partial charge in [0.2, 0.25) is 0 Å². The summed E-state index contributed by atoms with van der Waals surface area (Å²) in [6.07, 6.45) is 3.14. The zero-order chi connectivity index (χ0) is 15.2. The SMILES string of the molecule is O=C([C@@H]1CNCCO1)N(Cc1cccnc1)Cc1ccsc1. The molecular formula is C16H19N3O2S. The maximum absolute atomic E-state index is 12.8. The number of nitrogens with one attached hydrogen (secondary N) is 1. The summed E-state index contributed by atoms with van der Waals surface area (Å²) in [5, 5.41) is 7.31. The van der Waals surface area contributed by atoms with Gasteiger partial charge < -0.3 is 15.0 Å². The molecule has 0 aliphatic carbocycles. The van der Waals surface area contributed by atoms with Crippen LogP contribution < -0.4 is 5.32 Å². The number of carbonyl (C=O) groups excluding carboxylic acids is 1. The Bertz CT molecular complexity index is 583. The Labute approximate surface area is 133 Å². The van der Waals surface area contributed by atoms with E-state index >= 15 is 0 Å². The number of hydrogen-bond acceptors (Lipinski definition) is 5. The van der Waals surface area contributed by atoms with Crippen LogP contribution in [0.3, 0.4) is 0 Å². The van der Waals surface area contributed by atoms with Crippen LogP contribution in [0.4, 0.5) is 0 Å². The third-order valence-corrected chi connectivity index (χ3v) is 4.30. The quantitative estimate of drug-likeness (QED) is 0.911. The van der Waals surface area contributed by atoms with E-state index in [0.29, 0.717) is 26.2 Å². The minimum Gasteiger partial charge on any atom is -0.366 e. The van der Waals surface area contributed by atoms with Gasteiger partial charge >= 0.3 is 0 Å². The summed E-state index contributed by atoms with van der Waals surface area (Å²) < 4.78 is 5.61. The summed E-state index contributed by atoms with van der Waals surface area (Å²) in [6.45, 7) is 3.10. The van der Waals surface area contributed by atoms with E-state index < -0.39 is 6.10 Å². The van der Waals surface area contributed by atoms with Gasteiger partial charge in [-0.2, -0.15) is 11.3 Å². The molecule has 1 aliphatic heterocycles. The fourth-order valence-corrected chi connectivity index (χ4v) is 3.11. The molecule has 2 aromatic heterocycles. The van der Waals surface area contributed by atoms with E-state index in [4.69, 9.17) is 4.74 Å². The van der Waals surface area contributed by atoms with Crippen LogP contribution in [0, 0.1) is 0 Å². The van der Waals surface area contributed by atoms with Crippen molar-refractivity contribution in [3.8, 4) is 0 Å². The highest BCUT2D eigenvalue weighted by Crippen LogP contribution is 2.15. The van der Waals surface area contributed by atoms with Gasteiger partial charge in [0.15, 0.2) is 0 Å². The lowest BCUT2D eigenvalue weighted by molar-refractivity contribution is -0.146. The Kier molecular flexibility index (Phi) is 5.15. The van der Waals surface area contributed by atoms with Gasteiger partial charge in [-0.05, 0) is 34.0 Å². The Morgan fingerprint density at radius 1 is 1.41 bits per heavy atom. The summed E-state index contributed by atoms with van der Waals surface area (Å²) in [5.74, 6) is 0.0299. The van der Waals surface area contributed by atoms with Gasteiger partial charge in [-0.15, -0.1) is 0 Å². The van der Waals surface area contributed by atoms with Crippen LogP contribution >= 0.6 is 11.3 Å². The molecule has 0 unspecified atom stereocenters. The largest absolute Gasteiger partial charge is 0.366 e. The first-order chi connectivity index (χ1) is 10.8. The Morgan fingerprint density at radius 3 is 3.00 bits per heavy atom. The molecule has 1 fully saturated rings.